The van der Waals surface area contributed by atoms with Gasteiger partial charge in [-0.3, -0.25) is 20.1 Å². The van der Waals surface area contributed by atoms with E-state index in [2.05, 4.69) is 17.4 Å². The van der Waals surface area contributed by atoms with Crippen LogP contribution in [0, 0.1) is 0 Å². The molecular formula is C23H29N3O4. The summed E-state index contributed by atoms with van der Waals surface area (Å²) in [4.78, 5) is 37.7. The molecule has 0 saturated heterocycles. The SMILES string of the molecule is O=C(CCCCCN(CCCc1ccccc1)C(=O)NC(=O)c1ccccc1)NO. The van der Waals surface area contributed by atoms with E-state index in [-0.39, 0.29) is 6.42 Å². The molecule has 0 heterocycles. The maximum atomic E-state index is 12.7. The molecule has 0 spiro atoms. The first kappa shape index (κ1) is 23.1. The summed E-state index contributed by atoms with van der Waals surface area (Å²) in [6.07, 6.45) is 3.93. The molecule has 0 radical (unpaired) electrons. The van der Waals surface area contributed by atoms with Gasteiger partial charge in [0.25, 0.3) is 5.91 Å². The number of imide groups is 1. The number of rotatable bonds is 11. The summed E-state index contributed by atoms with van der Waals surface area (Å²) >= 11 is 0. The van der Waals surface area contributed by atoms with Crippen LogP contribution >= 0.6 is 0 Å². The van der Waals surface area contributed by atoms with Crippen molar-refractivity contribution in [3.8, 4) is 0 Å². The maximum Gasteiger partial charge on any atom is 0.324 e. The highest BCUT2D eigenvalue weighted by molar-refractivity contribution is 6.04. The molecule has 2 aromatic rings. The number of urea groups is 1. The lowest BCUT2D eigenvalue weighted by atomic mass is 10.1. The molecule has 160 valence electrons. The predicted octanol–water partition coefficient (Wildman–Crippen LogP) is 3.54. The first-order valence-corrected chi connectivity index (χ1v) is 10.2. The standard InChI is InChI=1S/C23H29N3O4/c27-21(25-30)16-8-3-9-17-26(18-10-13-19-11-4-1-5-12-19)23(29)24-22(28)20-14-6-2-7-15-20/h1-2,4-7,11-12,14-15,30H,3,8-10,13,16-18H2,(H,25,27)(H,24,28,29). The Morgan fingerprint density at radius 2 is 1.43 bits per heavy atom. The van der Waals surface area contributed by atoms with Crippen LogP contribution in [0.3, 0.4) is 0 Å². The molecule has 2 rings (SSSR count). The van der Waals surface area contributed by atoms with Crippen molar-refractivity contribution < 1.29 is 19.6 Å². The molecule has 3 N–H and O–H groups in total. The zero-order chi connectivity index (χ0) is 21.6. The van der Waals surface area contributed by atoms with Crippen LogP contribution in [-0.2, 0) is 11.2 Å². The van der Waals surface area contributed by atoms with Crippen molar-refractivity contribution in [3.63, 3.8) is 0 Å². The van der Waals surface area contributed by atoms with E-state index in [1.165, 1.54) is 5.56 Å². The number of hydrogen-bond donors (Lipinski definition) is 3. The molecule has 0 saturated carbocycles. The number of benzene rings is 2. The lowest BCUT2D eigenvalue weighted by Crippen LogP contribution is -2.43. The number of hydroxylamine groups is 1. The van der Waals surface area contributed by atoms with Crippen LogP contribution in [0.1, 0.15) is 48.0 Å². The Hall–Kier alpha value is -3.19. The van der Waals surface area contributed by atoms with E-state index in [4.69, 9.17) is 5.21 Å². The highest BCUT2D eigenvalue weighted by Crippen LogP contribution is 2.07. The van der Waals surface area contributed by atoms with Crippen molar-refractivity contribution in [2.75, 3.05) is 13.1 Å². The van der Waals surface area contributed by atoms with Crippen molar-refractivity contribution in [3.05, 3.63) is 71.8 Å². The summed E-state index contributed by atoms with van der Waals surface area (Å²) in [5, 5.41) is 11.0. The first-order valence-electron chi connectivity index (χ1n) is 10.2. The van der Waals surface area contributed by atoms with E-state index in [1.807, 2.05) is 24.3 Å². The Kier molecular flexibility index (Phi) is 10.1. The third-order valence-electron chi connectivity index (χ3n) is 4.74. The van der Waals surface area contributed by atoms with E-state index in [0.29, 0.717) is 31.5 Å². The summed E-state index contributed by atoms with van der Waals surface area (Å²) in [7, 11) is 0. The number of amides is 4. The smallest absolute Gasteiger partial charge is 0.324 e. The second kappa shape index (κ2) is 13.1. The second-order valence-corrected chi connectivity index (χ2v) is 7.05. The van der Waals surface area contributed by atoms with E-state index in [1.54, 1.807) is 34.6 Å². The van der Waals surface area contributed by atoms with Gasteiger partial charge in [0, 0.05) is 25.1 Å². The van der Waals surface area contributed by atoms with Crippen LogP contribution in [-0.4, -0.2) is 41.0 Å². The number of nitrogens with zero attached hydrogens (tertiary/aromatic N) is 1. The van der Waals surface area contributed by atoms with Crippen molar-refractivity contribution >= 4 is 17.8 Å². The Balaban J connectivity index is 1.87. The van der Waals surface area contributed by atoms with Crippen molar-refractivity contribution in [2.24, 2.45) is 0 Å². The minimum Gasteiger partial charge on any atom is -0.324 e. The highest BCUT2D eigenvalue weighted by atomic mass is 16.5. The molecule has 0 aromatic heterocycles. The number of unbranched alkanes of at least 4 members (excludes halogenated alkanes) is 2. The molecule has 7 heteroatoms. The van der Waals surface area contributed by atoms with Crippen LogP contribution in [0.25, 0.3) is 0 Å². The molecule has 30 heavy (non-hydrogen) atoms. The van der Waals surface area contributed by atoms with Gasteiger partial charge >= 0.3 is 6.03 Å². The predicted molar refractivity (Wildman–Crippen MR) is 114 cm³/mol. The Morgan fingerprint density at radius 3 is 2.10 bits per heavy atom. The summed E-state index contributed by atoms with van der Waals surface area (Å²) in [5.74, 6) is -0.839. The Bertz CT molecular complexity index is 797. The summed E-state index contributed by atoms with van der Waals surface area (Å²) < 4.78 is 0. The number of nitrogens with one attached hydrogen (secondary N) is 2. The molecule has 0 aliphatic heterocycles. The van der Waals surface area contributed by atoms with Gasteiger partial charge in [0.1, 0.15) is 0 Å². The molecule has 7 nitrogen and oxygen atoms in total. The summed E-state index contributed by atoms with van der Waals surface area (Å²) in [5.41, 5.74) is 3.25. The van der Waals surface area contributed by atoms with Crippen LogP contribution in [0.2, 0.25) is 0 Å². The van der Waals surface area contributed by atoms with Gasteiger partial charge in [-0.15, -0.1) is 0 Å². The number of carbonyl (C=O) groups is 3. The minimum atomic E-state index is -0.423. The van der Waals surface area contributed by atoms with Gasteiger partial charge in [-0.25, -0.2) is 10.3 Å². The van der Waals surface area contributed by atoms with Gasteiger partial charge in [0.15, 0.2) is 0 Å². The quantitative estimate of drug-likeness (QED) is 0.299. The third kappa shape index (κ3) is 8.45. The van der Waals surface area contributed by atoms with Crippen molar-refractivity contribution in [1.29, 1.82) is 0 Å². The van der Waals surface area contributed by atoms with Gasteiger partial charge in [0.05, 0.1) is 0 Å². The zero-order valence-electron chi connectivity index (χ0n) is 17.0. The van der Waals surface area contributed by atoms with Gasteiger partial charge in [-0.05, 0) is 43.4 Å². The highest BCUT2D eigenvalue weighted by Gasteiger charge is 2.17. The summed E-state index contributed by atoms with van der Waals surface area (Å²) in [6, 6.07) is 18.3. The largest absolute Gasteiger partial charge is 0.324 e. The third-order valence-corrected chi connectivity index (χ3v) is 4.74. The van der Waals surface area contributed by atoms with Crippen LogP contribution in [0.4, 0.5) is 4.79 Å². The topological polar surface area (TPSA) is 98.7 Å². The molecule has 0 aliphatic rings. The number of hydrogen-bond acceptors (Lipinski definition) is 4. The van der Waals surface area contributed by atoms with Gasteiger partial charge in [-0.2, -0.15) is 0 Å². The maximum absolute atomic E-state index is 12.7. The minimum absolute atomic E-state index is 0.239. The average molecular weight is 412 g/mol. The van der Waals surface area contributed by atoms with Gasteiger partial charge < -0.3 is 4.90 Å². The molecular weight excluding hydrogens is 382 g/mol. The van der Waals surface area contributed by atoms with Gasteiger partial charge in [0.2, 0.25) is 5.91 Å². The molecule has 0 fully saturated rings. The van der Waals surface area contributed by atoms with E-state index in [9.17, 15) is 14.4 Å². The molecule has 2 aromatic carbocycles. The normalized spacial score (nSPS) is 10.3. The van der Waals surface area contributed by atoms with E-state index < -0.39 is 17.8 Å². The van der Waals surface area contributed by atoms with E-state index >= 15 is 0 Å². The average Bonchev–Trinajstić information content (AvgIpc) is 2.78. The Labute approximate surface area is 177 Å². The molecule has 4 amide bonds. The Morgan fingerprint density at radius 1 is 0.800 bits per heavy atom. The van der Waals surface area contributed by atoms with Crippen molar-refractivity contribution in [1.82, 2.24) is 15.7 Å². The second-order valence-electron chi connectivity index (χ2n) is 7.05. The number of aryl methyl sites for hydroxylation is 1. The van der Waals surface area contributed by atoms with Crippen molar-refractivity contribution in [2.45, 2.75) is 38.5 Å². The molecule has 0 aliphatic carbocycles. The van der Waals surface area contributed by atoms with Crippen LogP contribution in [0.5, 0.6) is 0 Å². The first-order chi connectivity index (χ1) is 14.6. The molecule has 0 unspecified atom stereocenters. The fourth-order valence-electron chi connectivity index (χ4n) is 3.09. The van der Waals surface area contributed by atoms with E-state index in [0.717, 1.165) is 19.3 Å². The molecule has 0 bridgehead atoms. The fraction of sp³-hybridized carbons (Fsp3) is 0.348. The monoisotopic (exact) mass is 411 g/mol. The lowest BCUT2D eigenvalue weighted by Gasteiger charge is -2.23. The lowest BCUT2D eigenvalue weighted by molar-refractivity contribution is -0.129. The molecule has 0 atom stereocenters. The van der Waals surface area contributed by atoms with Gasteiger partial charge in [-0.1, -0.05) is 55.0 Å². The van der Waals surface area contributed by atoms with Crippen LogP contribution in [0.15, 0.2) is 60.7 Å². The number of carbonyl (C=O) groups excluding carboxylic acids is 3. The fourth-order valence-corrected chi connectivity index (χ4v) is 3.09. The summed E-state index contributed by atoms with van der Waals surface area (Å²) in [6.45, 7) is 1.02. The zero-order valence-corrected chi connectivity index (χ0v) is 17.0. The van der Waals surface area contributed by atoms with Crippen LogP contribution < -0.4 is 10.8 Å².